The third-order valence-corrected chi connectivity index (χ3v) is 5.09. The second kappa shape index (κ2) is 4.53. The van der Waals surface area contributed by atoms with Crippen LogP contribution in [0.15, 0.2) is 0 Å². The normalized spacial score (nSPS) is 42.0. The second-order valence-corrected chi connectivity index (χ2v) is 7.45. The highest BCUT2D eigenvalue weighted by molar-refractivity contribution is 5.97. The maximum absolute atomic E-state index is 12.7. The monoisotopic (exact) mass is 326 g/mol. The Morgan fingerprint density at radius 2 is 1.83 bits per heavy atom. The number of aliphatic hydroxyl groups excluding tert-OH is 1. The van der Waals surface area contributed by atoms with Gasteiger partial charge < -0.3 is 19.7 Å². The fourth-order valence-electron chi connectivity index (χ4n) is 4.10. The number of aliphatic carboxylic acids is 1. The molecule has 2 heterocycles. The van der Waals surface area contributed by atoms with Gasteiger partial charge in [-0.3, -0.25) is 14.4 Å². The van der Waals surface area contributed by atoms with E-state index in [9.17, 15) is 29.4 Å². The van der Waals surface area contributed by atoms with Gasteiger partial charge in [-0.1, -0.05) is 20.8 Å². The molecule has 0 aromatic carbocycles. The molecule has 3 rings (SSSR count). The average molecular weight is 326 g/mol. The predicted octanol–water partition coefficient (Wildman–Crippen LogP) is -0.480. The Kier molecular flexibility index (Phi) is 3.14. The van der Waals surface area contributed by atoms with Crippen molar-refractivity contribution in [2.45, 2.75) is 45.5 Å². The Labute approximate surface area is 131 Å². The van der Waals surface area contributed by atoms with Gasteiger partial charge in [0.1, 0.15) is 17.3 Å². The molecule has 0 aromatic heterocycles. The minimum atomic E-state index is -1.59. The fraction of sp³-hybridized carbons (Fsp3) is 0.733. The van der Waals surface area contributed by atoms with Gasteiger partial charge in [0.05, 0.1) is 24.4 Å². The van der Waals surface area contributed by atoms with Crippen molar-refractivity contribution in [3.63, 3.8) is 0 Å². The number of aliphatic hydroxyl groups is 1. The summed E-state index contributed by atoms with van der Waals surface area (Å²) >= 11 is 0. The summed E-state index contributed by atoms with van der Waals surface area (Å²) in [6, 6.07) is 0. The molecule has 0 unspecified atom stereocenters. The van der Waals surface area contributed by atoms with Crippen LogP contribution < -0.4 is 0 Å². The Bertz CT molecular complexity index is 617. The van der Waals surface area contributed by atoms with Crippen LogP contribution in [-0.4, -0.2) is 52.2 Å². The lowest BCUT2D eigenvalue weighted by molar-refractivity contribution is -0.164. The highest BCUT2D eigenvalue weighted by Crippen LogP contribution is 2.61. The number of rotatable bonds is 2. The summed E-state index contributed by atoms with van der Waals surface area (Å²) in [5, 5.41) is 19.9. The lowest BCUT2D eigenvalue weighted by Gasteiger charge is -2.28. The fourth-order valence-corrected chi connectivity index (χ4v) is 4.10. The zero-order valence-corrected chi connectivity index (χ0v) is 12.9. The van der Waals surface area contributed by atoms with Crippen molar-refractivity contribution in [1.82, 2.24) is 0 Å². The van der Waals surface area contributed by atoms with Crippen molar-refractivity contribution in [3.05, 3.63) is 0 Å². The number of carbonyl (C=O) groups excluding carboxylic acids is 3. The molecule has 3 fully saturated rings. The molecule has 1 spiro atoms. The topological polar surface area (TPSA) is 127 Å². The number of ketones is 1. The van der Waals surface area contributed by atoms with E-state index in [1.165, 1.54) is 0 Å². The second-order valence-electron chi connectivity index (χ2n) is 7.45. The third kappa shape index (κ3) is 1.87. The molecule has 0 radical (unpaired) electrons. The predicted molar refractivity (Wildman–Crippen MR) is 71.9 cm³/mol. The van der Waals surface area contributed by atoms with E-state index in [4.69, 9.17) is 9.47 Å². The van der Waals surface area contributed by atoms with Crippen molar-refractivity contribution < 1.29 is 38.9 Å². The summed E-state index contributed by atoms with van der Waals surface area (Å²) in [5.74, 6) is -5.70. The van der Waals surface area contributed by atoms with E-state index < -0.39 is 58.9 Å². The molecule has 2 N–H and O–H groups in total. The van der Waals surface area contributed by atoms with E-state index in [1.807, 2.05) is 0 Å². The van der Waals surface area contributed by atoms with Crippen LogP contribution in [0.1, 0.15) is 27.2 Å². The number of hydrogen-bond donors (Lipinski definition) is 2. The zero-order valence-electron chi connectivity index (χ0n) is 12.9. The lowest BCUT2D eigenvalue weighted by atomic mass is 9.74. The first-order valence-electron chi connectivity index (χ1n) is 7.37. The van der Waals surface area contributed by atoms with Crippen molar-refractivity contribution in [3.8, 4) is 0 Å². The number of cyclic esters (lactones) is 1. The molecule has 126 valence electrons. The largest absolute Gasteiger partial charge is 0.478 e. The molecule has 1 aliphatic carbocycles. The number of esters is 2. The van der Waals surface area contributed by atoms with E-state index in [-0.39, 0.29) is 12.2 Å². The van der Waals surface area contributed by atoms with E-state index in [1.54, 1.807) is 20.8 Å². The van der Waals surface area contributed by atoms with Crippen LogP contribution in [0.2, 0.25) is 0 Å². The Morgan fingerprint density at radius 1 is 1.22 bits per heavy atom. The molecule has 6 atom stereocenters. The van der Waals surface area contributed by atoms with Crippen LogP contribution in [0, 0.1) is 22.7 Å². The molecular weight excluding hydrogens is 308 g/mol. The number of Topliss-reactive ketones (excluding diaryl/α,β-unsaturated/α-hetero) is 1. The van der Waals surface area contributed by atoms with Gasteiger partial charge in [-0.05, 0) is 0 Å². The van der Waals surface area contributed by atoms with E-state index in [2.05, 4.69) is 0 Å². The van der Waals surface area contributed by atoms with Gasteiger partial charge in [-0.25, -0.2) is 4.79 Å². The quantitative estimate of drug-likeness (QED) is 0.651. The van der Waals surface area contributed by atoms with Crippen molar-refractivity contribution in [2.75, 3.05) is 0 Å². The van der Waals surface area contributed by atoms with Crippen LogP contribution in [-0.2, 0) is 28.7 Å². The van der Waals surface area contributed by atoms with Crippen molar-refractivity contribution in [1.29, 1.82) is 0 Å². The minimum Gasteiger partial charge on any atom is -0.478 e. The summed E-state index contributed by atoms with van der Waals surface area (Å²) in [5.41, 5.74) is -2.44. The van der Waals surface area contributed by atoms with Gasteiger partial charge in [0.25, 0.3) is 0 Å². The van der Waals surface area contributed by atoms with Gasteiger partial charge in [0, 0.05) is 5.41 Å². The molecule has 0 bridgehead atoms. The number of carboxylic acid groups (broad SMARTS) is 1. The Hall–Kier alpha value is -1.96. The minimum absolute atomic E-state index is 0.379. The maximum atomic E-state index is 12.7. The van der Waals surface area contributed by atoms with Gasteiger partial charge >= 0.3 is 17.9 Å². The van der Waals surface area contributed by atoms with Gasteiger partial charge in [0.15, 0.2) is 0 Å². The number of ether oxygens (including phenoxy) is 2. The first-order chi connectivity index (χ1) is 10.5. The van der Waals surface area contributed by atoms with Crippen LogP contribution in [0.5, 0.6) is 0 Å². The standard InChI is InChI=1S/C15H18O8/c1-14(2,3)10(18)6-8(17)7-9(12(19)20)23-13(21)15(7)4-5(16)22-11(6)15/h6-9,11,17H,4H2,1-3H3,(H,19,20)/t6-,7+,8+,9+,11-,15-/m0/s1. The number of carboxylic acids is 1. The summed E-state index contributed by atoms with van der Waals surface area (Å²) in [7, 11) is 0. The third-order valence-electron chi connectivity index (χ3n) is 5.09. The van der Waals surface area contributed by atoms with Gasteiger partial charge in [-0.15, -0.1) is 0 Å². The summed E-state index contributed by atoms with van der Waals surface area (Å²) in [6.07, 6.45) is -4.58. The molecule has 1 saturated carbocycles. The molecular formula is C15H18O8. The molecule has 2 saturated heterocycles. The molecule has 3 aliphatic rings. The SMILES string of the molecule is CC(C)(C)C(=O)[C@@H]1[C@@H](O)[C@@H]2[C@H](C(=O)O)OC(=O)[C@@]23CC(=O)O[C@@H]13. The summed E-state index contributed by atoms with van der Waals surface area (Å²) in [4.78, 5) is 48.2. The van der Waals surface area contributed by atoms with Crippen LogP contribution in [0.4, 0.5) is 0 Å². The zero-order chi connectivity index (χ0) is 17.3. The molecule has 0 aromatic rings. The van der Waals surface area contributed by atoms with Gasteiger partial charge in [0.2, 0.25) is 6.10 Å². The lowest BCUT2D eigenvalue weighted by Crippen LogP contribution is -2.43. The van der Waals surface area contributed by atoms with Crippen LogP contribution >= 0.6 is 0 Å². The smallest absolute Gasteiger partial charge is 0.345 e. The van der Waals surface area contributed by atoms with Crippen molar-refractivity contribution >= 4 is 23.7 Å². The van der Waals surface area contributed by atoms with E-state index in [0.29, 0.717) is 0 Å². The molecule has 0 amide bonds. The number of carbonyl (C=O) groups is 4. The van der Waals surface area contributed by atoms with Crippen LogP contribution in [0.25, 0.3) is 0 Å². The Balaban J connectivity index is 2.12. The highest BCUT2D eigenvalue weighted by Gasteiger charge is 2.78. The first kappa shape index (κ1) is 15.9. The van der Waals surface area contributed by atoms with Gasteiger partial charge in [-0.2, -0.15) is 0 Å². The number of hydrogen-bond acceptors (Lipinski definition) is 7. The molecule has 23 heavy (non-hydrogen) atoms. The van der Waals surface area contributed by atoms with Crippen LogP contribution in [0.3, 0.4) is 0 Å². The molecule has 2 aliphatic heterocycles. The maximum Gasteiger partial charge on any atom is 0.345 e. The van der Waals surface area contributed by atoms with E-state index >= 15 is 0 Å². The van der Waals surface area contributed by atoms with E-state index in [0.717, 1.165) is 0 Å². The summed E-state index contributed by atoms with van der Waals surface area (Å²) < 4.78 is 10.1. The highest BCUT2D eigenvalue weighted by atomic mass is 16.6. The van der Waals surface area contributed by atoms with Crippen molar-refractivity contribution in [2.24, 2.45) is 22.7 Å². The Morgan fingerprint density at radius 3 is 2.35 bits per heavy atom. The first-order valence-corrected chi connectivity index (χ1v) is 7.37. The average Bonchev–Trinajstić information content (AvgIpc) is 2.95. The molecule has 8 nitrogen and oxygen atoms in total. The molecule has 8 heteroatoms. The summed E-state index contributed by atoms with van der Waals surface area (Å²) in [6.45, 7) is 4.94.